The van der Waals surface area contributed by atoms with E-state index in [-0.39, 0.29) is 46.5 Å². The molecule has 0 bridgehead atoms. The maximum absolute atomic E-state index is 12.4. The normalized spacial score (nSPS) is 58.3. The third kappa shape index (κ3) is 8.31. The van der Waals surface area contributed by atoms with E-state index < -0.39 is 140 Å². The molecule has 8 rings (SSSR count). The van der Waals surface area contributed by atoms with Crippen LogP contribution in [0.5, 0.6) is 0 Å². The van der Waals surface area contributed by atoms with Crippen molar-refractivity contribution < 1.29 is 94.4 Å². The highest BCUT2D eigenvalue weighted by atomic mass is 16.8. The molecule has 4 saturated heterocycles. The zero-order valence-electron chi connectivity index (χ0n) is 40.6. The Morgan fingerprint density at radius 3 is 1.81 bits per heavy atom. The summed E-state index contributed by atoms with van der Waals surface area (Å²) in [6.45, 7) is 16.2. The molecule has 8 aliphatic rings. The first-order valence-electron chi connectivity index (χ1n) is 24.8. The van der Waals surface area contributed by atoms with Crippen LogP contribution in [0.15, 0.2) is 0 Å². The van der Waals surface area contributed by atoms with Crippen molar-refractivity contribution in [2.45, 2.75) is 241 Å². The van der Waals surface area contributed by atoms with E-state index in [4.69, 9.17) is 33.2 Å². The number of hydrogen-bond acceptors (Lipinski definition) is 19. The summed E-state index contributed by atoms with van der Waals surface area (Å²) in [5, 5.41) is 133. The number of ether oxygens (including phenoxy) is 7. The van der Waals surface area contributed by atoms with Gasteiger partial charge in [-0.3, -0.25) is 0 Å². The van der Waals surface area contributed by atoms with Gasteiger partial charge in [0, 0.05) is 11.8 Å². The SMILES string of the molecule is CC1OC(OC2C(OC3C(O)C(CO)OC(OC4CCC5(C)C(CCC6(C)C5CC(O)C5C(C7(C)CC(O)C(C(C)(C)O)O7)CCC56C)C4(C)CO)C3O)OC(C)C(O)C2O)C(O)C(O)C1O. The van der Waals surface area contributed by atoms with Gasteiger partial charge in [-0.05, 0) is 119 Å². The summed E-state index contributed by atoms with van der Waals surface area (Å²) in [7, 11) is 0. The van der Waals surface area contributed by atoms with Gasteiger partial charge in [-0.1, -0.05) is 27.7 Å². The van der Waals surface area contributed by atoms with Crippen LogP contribution in [0.25, 0.3) is 0 Å². The van der Waals surface area contributed by atoms with Gasteiger partial charge in [0.05, 0.1) is 54.9 Å². The molecule has 28 unspecified atom stereocenters. The van der Waals surface area contributed by atoms with Crippen LogP contribution < -0.4 is 0 Å². The summed E-state index contributed by atoms with van der Waals surface area (Å²) < 4.78 is 42.9. The highest BCUT2D eigenvalue weighted by Gasteiger charge is 2.73. The van der Waals surface area contributed by atoms with Gasteiger partial charge in [0.25, 0.3) is 0 Å². The molecule has 4 heterocycles. The van der Waals surface area contributed by atoms with E-state index in [1.807, 2.05) is 13.8 Å². The maximum Gasteiger partial charge on any atom is 0.187 e. The van der Waals surface area contributed by atoms with E-state index in [1.54, 1.807) is 13.8 Å². The fourth-order valence-electron chi connectivity index (χ4n) is 15.6. The Bertz CT molecular complexity index is 1740. The van der Waals surface area contributed by atoms with E-state index in [0.717, 1.165) is 25.7 Å². The second kappa shape index (κ2) is 18.3. The zero-order valence-corrected chi connectivity index (χ0v) is 40.6. The molecule has 0 spiro atoms. The molecule has 0 aromatic heterocycles. The molecule has 0 aromatic carbocycles. The van der Waals surface area contributed by atoms with Gasteiger partial charge < -0.3 is 94.4 Å². The van der Waals surface area contributed by atoms with Crippen LogP contribution >= 0.6 is 0 Å². The van der Waals surface area contributed by atoms with Crippen molar-refractivity contribution in [1.29, 1.82) is 0 Å². The fraction of sp³-hybridized carbons (Fsp3) is 1.00. The van der Waals surface area contributed by atoms with Crippen molar-refractivity contribution in [1.82, 2.24) is 0 Å². The maximum atomic E-state index is 12.4. The molecule has 19 heteroatoms. The number of hydrogen-bond donors (Lipinski definition) is 12. The van der Waals surface area contributed by atoms with Crippen LogP contribution in [-0.2, 0) is 33.2 Å². The van der Waals surface area contributed by atoms with E-state index in [1.165, 1.54) is 13.8 Å². The first-order valence-corrected chi connectivity index (χ1v) is 24.8. The predicted octanol–water partition coefficient (Wildman–Crippen LogP) is -0.817. The van der Waals surface area contributed by atoms with Crippen LogP contribution in [0.3, 0.4) is 0 Å². The molecular weight excluding hydrogens is 881 g/mol. The van der Waals surface area contributed by atoms with Crippen LogP contribution in [0.1, 0.15) is 114 Å². The number of aliphatic hydroxyl groups excluding tert-OH is 11. The molecular formula is C48H82O19. The fourth-order valence-corrected chi connectivity index (χ4v) is 15.6. The van der Waals surface area contributed by atoms with Crippen molar-refractivity contribution in [2.75, 3.05) is 13.2 Å². The molecule has 12 N–H and O–H groups in total. The van der Waals surface area contributed by atoms with Gasteiger partial charge in [-0.2, -0.15) is 0 Å². The van der Waals surface area contributed by atoms with Gasteiger partial charge in [0.15, 0.2) is 18.9 Å². The van der Waals surface area contributed by atoms with Crippen molar-refractivity contribution in [2.24, 2.45) is 45.3 Å². The summed E-state index contributed by atoms with van der Waals surface area (Å²) in [6, 6.07) is 0. The highest BCUT2D eigenvalue weighted by molar-refractivity contribution is 5.21. The summed E-state index contributed by atoms with van der Waals surface area (Å²) in [5.41, 5.74) is -3.68. The molecule has 67 heavy (non-hydrogen) atoms. The van der Waals surface area contributed by atoms with Gasteiger partial charge in [0.2, 0.25) is 0 Å². The lowest BCUT2D eigenvalue weighted by Crippen LogP contribution is -2.68. The molecule has 4 aliphatic carbocycles. The lowest BCUT2D eigenvalue weighted by atomic mass is 9.35. The Hall–Kier alpha value is -0.760. The monoisotopic (exact) mass is 963 g/mol. The van der Waals surface area contributed by atoms with Crippen molar-refractivity contribution in [3.8, 4) is 0 Å². The van der Waals surface area contributed by atoms with E-state index in [9.17, 15) is 61.3 Å². The quantitative estimate of drug-likeness (QED) is 0.119. The van der Waals surface area contributed by atoms with Gasteiger partial charge in [-0.25, -0.2) is 0 Å². The molecule has 0 aromatic rings. The first kappa shape index (κ1) is 52.6. The summed E-state index contributed by atoms with van der Waals surface area (Å²) >= 11 is 0. The lowest BCUT2D eigenvalue weighted by Gasteiger charge is -2.71. The standard InChI is InChI=1S/C48H82O19/c1-20-30(53)33(56)35(58)40(61-20)66-38-34(57)31(54)21(2)62-42(38)65-37-32(55)25(18-49)63-41(36(37)59)64-28-12-13-44(5)26(45(28,6)19-50)11-15-46(7)27(44)16-23(51)29-22(10-14-47(29,46)8)48(9)17-24(52)39(67-48)43(3,4)60/h20-42,49-60H,10-19H2,1-9H3. The van der Waals surface area contributed by atoms with Crippen LogP contribution in [0, 0.1) is 45.3 Å². The number of fused-ring (bicyclic) bond motifs is 5. The van der Waals surface area contributed by atoms with Crippen molar-refractivity contribution in [3.05, 3.63) is 0 Å². The topological polar surface area (TPSA) is 307 Å². The predicted molar refractivity (Wildman–Crippen MR) is 233 cm³/mol. The average molecular weight is 963 g/mol. The molecule has 8 fully saturated rings. The van der Waals surface area contributed by atoms with Crippen LogP contribution in [-0.4, -0.2) is 202 Å². The number of aliphatic hydroxyl groups is 12. The Balaban J connectivity index is 1.01. The molecule has 19 nitrogen and oxygen atoms in total. The molecule has 0 radical (unpaired) electrons. The summed E-state index contributed by atoms with van der Waals surface area (Å²) in [5.74, 6) is -0.162. The highest BCUT2D eigenvalue weighted by Crippen LogP contribution is 2.76. The largest absolute Gasteiger partial charge is 0.396 e. The second-order valence-electron chi connectivity index (χ2n) is 23.8. The molecule has 4 aliphatic heterocycles. The third-order valence-electron chi connectivity index (χ3n) is 19.6. The Labute approximate surface area is 393 Å². The minimum Gasteiger partial charge on any atom is -0.396 e. The Morgan fingerprint density at radius 2 is 1.19 bits per heavy atom. The van der Waals surface area contributed by atoms with E-state index >= 15 is 0 Å². The zero-order chi connectivity index (χ0) is 49.3. The van der Waals surface area contributed by atoms with Crippen molar-refractivity contribution in [3.63, 3.8) is 0 Å². The Kier molecular flexibility index (Phi) is 14.4. The average Bonchev–Trinajstić information content (AvgIpc) is 3.81. The van der Waals surface area contributed by atoms with Gasteiger partial charge >= 0.3 is 0 Å². The third-order valence-corrected chi connectivity index (χ3v) is 19.6. The molecule has 4 saturated carbocycles. The van der Waals surface area contributed by atoms with Crippen LogP contribution in [0.4, 0.5) is 0 Å². The summed E-state index contributed by atoms with van der Waals surface area (Å²) in [4.78, 5) is 0. The molecule has 0 amide bonds. The van der Waals surface area contributed by atoms with E-state index in [2.05, 4.69) is 20.8 Å². The lowest BCUT2D eigenvalue weighted by molar-refractivity contribution is -0.389. The second-order valence-corrected chi connectivity index (χ2v) is 23.8. The van der Waals surface area contributed by atoms with Crippen LogP contribution in [0.2, 0.25) is 0 Å². The van der Waals surface area contributed by atoms with E-state index in [0.29, 0.717) is 25.7 Å². The smallest absolute Gasteiger partial charge is 0.187 e. The molecule has 388 valence electrons. The minimum atomic E-state index is -1.79. The Morgan fingerprint density at radius 1 is 0.597 bits per heavy atom. The first-order chi connectivity index (χ1) is 31.1. The number of rotatable bonds is 10. The summed E-state index contributed by atoms with van der Waals surface area (Å²) in [6.07, 6.45) is -20.6. The van der Waals surface area contributed by atoms with Gasteiger partial charge in [-0.15, -0.1) is 0 Å². The van der Waals surface area contributed by atoms with Gasteiger partial charge in [0.1, 0.15) is 67.1 Å². The molecule has 28 atom stereocenters. The minimum absolute atomic E-state index is 0.0320. The van der Waals surface area contributed by atoms with Crippen molar-refractivity contribution >= 4 is 0 Å².